The van der Waals surface area contributed by atoms with Gasteiger partial charge in [0.15, 0.2) is 5.16 Å². The van der Waals surface area contributed by atoms with Crippen LogP contribution >= 0.6 is 11.8 Å². The van der Waals surface area contributed by atoms with Crippen LogP contribution in [0.4, 0.5) is 0 Å². The predicted octanol–water partition coefficient (Wildman–Crippen LogP) is 1.95. The van der Waals surface area contributed by atoms with Crippen molar-refractivity contribution in [3.05, 3.63) is 22.1 Å². The number of carbonyl (C=O) groups is 1. The van der Waals surface area contributed by atoms with Crippen LogP contribution in [0.5, 0.6) is 0 Å². The van der Waals surface area contributed by atoms with Gasteiger partial charge < -0.3 is 9.72 Å². The molecule has 0 aliphatic heterocycles. The average molecular weight is 309 g/mol. The second-order valence-corrected chi connectivity index (χ2v) is 6.22. The largest absolute Gasteiger partial charge is 0.468 e. The van der Waals surface area contributed by atoms with E-state index in [9.17, 15) is 9.59 Å². The Morgan fingerprint density at radius 3 is 2.86 bits per heavy atom. The fourth-order valence-corrected chi connectivity index (χ4v) is 2.87. The molecule has 2 aromatic heterocycles. The van der Waals surface area contributed by atoms with Crippen LogP contribution in [0.3, 0.4) is 0 Å². The van der Waals surface area contributed by atoms with Crippen molar-refractivity contribution in [1.82, 2.24) is 14.5 Å². The molecule has 114 valence electrons. The lowest BCUT2D eigenvalue weighted by Crippen LogP contribution is -2.26. The number of ether oxygens (including phenoxy) is 1. The Morgan fingerprint density at radius 2 is 2.24 bits per heavy atom. The third-order valence-electron chi connectivity index (χ3n) is 2.93. The van der Waals surface area contributed by atoms with E-state index < -0.39 is 0 Å². The molecule has 0 radical (unpaired) electrons. The van der Waals surface area contributed by atoms with Gasteiger partial charge in [-0.05, 0) is 18.9 Å². The Bertz CT molecular complexity index is 718. The van der Waals surface area contributed by atoms with E-state index in [4.69, 9.17) is 0 Å². The number of H-pyrrole nitrogens is 1. The molecule has 0 amide bonds. The molecule has 6 nitrogen and oxygen atoms in total. The first-order valence-corrected chi connectivity index (χ1v) is 7.70. The highest BCUT2D eigenvalue weighted by Crippen LogP contribution is 2.19. The van der Waals surface area contributed by atoms with Crippen LogP contribution in [0.25, 0.3) is 11.0 Å². The third-order valence-corrected chi connectivity index (χ3v) is 3.88. The number of rotatable bonds is 5. The number of aromatic amines is 1. The van der Waals surface area contributed by atoms with E-state index >= 15 is 0 Å². The maximum absolute atomic E-state index is 12.6. The van der Waals surface area contributed by atoms with Crippen molar-refractivity contribution >= 4 is 28.8 Å². The zero-order valence-corrected chi connectivity index (χ0v) is 13.4. The summed E-state index contributed by atoms with van der Waals surface area (Å²) in [7, 11) is 1.34. The number of nitrogens with zero attached hydrogens (tertiary/aromatic N) is 2. The van der Waals surface area contributed by atoms with E-state index in [2.05, 4.69) is 14.7 Å². The van der Waals surface area contributed by atoms with Crippen molar-refractivity contribution < 1.29 is 9.53 Å². The smallest absolute Gasteiger partial charge is 0.316 e. The summed E-state index contributed by atoms with van der Waals surface area (Å²) in [6.45, 7) is 6.51. The van der Waals surface area contributed by atoms with E-state index in [1.807, 2.05) is 26.8 Å². The first-order valence-electron chi connectivity index (χ1n) is 6.72. The standard InChI is InChI=1S/C14H19N3O3S/c1-8(2)6-17-13(19)12-10(5-9(3)15-12)16-14(17)21-7-11(18)20-4/h5,8,15H,6-7H2,1-4H3. The Hall–Kier alpha value is -1.76. The molecular formula is C14H19N3O3S. The molecule has 0 aliphatic carbocycles. The maximum Gasteiger partial charge on any atom is 0.316 e. The van der Waals surface area contributed by atoms with E-state index in [0.29, 0.717) is 28.7 Å². The van der Waals surface area contributed by atoms with E-state index in [-0.39, 0.29) is 17.3 Å². The molecular weight excluding hydrogens is 290 g/mol. The molecule has 21 heavy (non-hydrogen) atoms. The summed E-state index contributed by atoms with van der Waals surface area (Å²) in [5.74, 6) is 0.0989. The normalized spacial score (nSPS) is 11.3. The summed E-state index contributed by atoms with van der Waals surface area (Å²) in [5, 5.41) is 0.547. The van der Waals surface area contributed by atoms with Crippen LogP contribution < -0.4 is 5.56 Å². The van der Waals surface area contributed by atoms with Crippen LogP contribution in [-0.4, -0.2) is 33.4 Å². The van der Waals surface area contributed by atoms with Gasteiger partial charge in [0.2, 0.25) is 0 Å². The van der Waals surface area contributed by atoms with Crippen LogP contribution in [-0.2, 0) is 16.1 Å². The number of methoxy groups -OCH3 is 1. The van der Waals surface area contributed by atoms with Crippen LogP contribution in [0.1, 0.15) is 19.5 Å². The van der Waals surface area contributed by atoms with Gasteiger partial charge in [0.05, 0.1) is 18.4 Å². The van der Waals surface area contributed by atoms with E-state index in [1.54, 1.807) is 4.57 Å². The number of nitrogens with one attached hydrogen (secondary N) is 1. The number of aromatic nitrogens is 3. The van der Waals surface area contributed by atoms with Crippen LogP contribution in [0.15, 0.2) is 16.0 Å². The van der Waals surface area contributed by atoms with Gasteiger partial charge in [0.1, 0.15) is 5.52 Å². The number of carbonyl (C=O) groups excluding carboxylic acids is 1. The quantitative estimate of drug-likeness (QED) is 0.519. The van der Waals surface area contributed by atoms with Crippen LogP contribution in [0, 0.1) is 12.8 Å². The van der Waals surface area contributed by atoms with Gasteiger partial charge in [-0.2, -0.15) is 0 Å². The lowest BCUT2D eigenvalue weighted by molar-refractivity contribution is -0.137. The fraction of sp³-hybridized carbons (Fsp3) is 0.500. The van der Waals surface area contributed by atoms with E-state index in [1.165, 1.54) is 18.9 Å². The molecule has 0 saturated heterocycles. The summed E-state index contributed by atoms with van der Waals surface area (Å²) in [6, 6.07) is 1.83. The number of thioether (sulfide) groups is 1. The zero-order chi connectivity index (χ0) is 15.6. The number of esters is 1. The topological polar surface area (TPSA) is 77.0 Å². The Morgan fingerprint density at radius 1 is 1.52 bits per heavy atom. The van der Waals surface area contributed by atoms with Gasteiger partial charge in [0.25, 0.3) is 5.56 Å². The molecule has 0 aromatic carbocycles. The molecule has 2 rings (SSSR count). The van der Waals surface area contributed by atoms with Crippen molar-refractivity contribution in [1.29, 1.82) is 0 Å². The van der Waals surface area contributed by atoms with Crippen molar-refractivity contribution in [3.8, 4) is 0 Å². The van der Waals surface area contributed by atoms with E-state index in [0.717, 1.165) is 5.69 Å². The summed E-state index contributed by atoms with van der Waals surface area (Å²) in [4.78, 5) is 31.4. The minimum atomic E-state index is -0.337. The Balaban J connectivity index is 2.49. The Kier molecular flexibility index (Phi) is 4.72. The minimum absolute atomic E-state index is 0.103. The minimum Gasteiger partial charge on any atom is -0.468 e. The SMILES string of the molecule is COC(=O)CSc1nc2cc(C)[nH]c2c(=O)n1CC(C)C. The molecule has 0 aliphatic rings. The highest BCUT2D eigenvalue weighted by Gasteiger charge is 2.15. The molecule has 7 heteroatoms. The molecule has 0 unspecified atom stereocenters. The number of aryl methyl sites for hydroxylation is 1. The van der Waals surface area contributed by atoms with Crippen molar-refractivity contribution in [3.63, 3.8) is 0 Å². The number of hydrogen-bond acceptors (Lipinski definition) is 5. The molecule has 0 spiro atoms. The Labute approximate surface area is 126 Å². The molecule has 2 heterocycles. The van der Waals surface area contributed by atoms with Crippen LogP contribution in [0.2, 0.25) is 0 Å². The van der Waals surface area contributed by atoms with Gasteiger partial charge in [-0.3, -0.25) is 14.2 Å². The molecule has 0 fully saturated rings. The highest BCUT2D eigenvalue weighted by atomic mass is 32.2. The second kappa shape index (κ2) is 6.34. The lowest BCUT2D eigenvalue weighted by atomic mass is 10.2. The molecule has 0 bridgehead atoms. The first-order chi connectivity index (χ1) is 9.92. The van der Waals surface area contributed by atoms with Crippen molar-refractivity contribution in [2.45, 2.75) is 32.5 Å². The van der Waals surface area contributed by atoms with Gasteiger partial charge >= 0.3 is 5.97 Å². The van der Waals surface area contributed by atoms with Gasteiger partial charge in [-0.1, -0.05) is 25.6 Å². The second-order valence-electron chi connectivity index (χ2n) is 5.28. The molecule has 2 aromatic rings. The monoisotopic (exact) mass is 309 g/mol. The van der Waals surface area contributed by atoms with Gasteiger partial charge in [-0.15, -0.1) is 0 Å². The number of hydrogen-bond donors (Lipinski definition) is 1. The molecule has 1 N–H and O–H groups in total. The molecule has 0 atom stereocenters. The fourth-order valence-electron chi connectivity index (χ4n) is 2.03. The highest BCUT2D eigenvalue weighted by molar-refractivity contribution is 7.99. The van der Waals surface area contributed by atoms with Crippen molar-refractivity contribution in [2.24, 2.45) is 5.92 Å². The predicted molar refractivity (Wildman–Crippen MR) is 82.7 cm³/mol. The summed E-state index contributed by atoms with van der Waals surface area (Å²) >= 11 is 1.22. The van der Waals surface area contributed by atoms with Gasteiger partial charge in [0, 0.05) is 12.2 Å². The summed E-state index contributed by atoms with van der Waals surface area (Å²) in [5.41, 5.74) is 1.93. The average Bonchev–Trinajstić information content (AvgIpc) is 2.80. The summed E-state index contributed by atoms with van der Waals surface area (Å²) < 4.78 is 6.26. The van der Waals surface area contributed by atoms with Crippen molar-refractivity contribution in [2.75, 3.05) is 12.9 Å². The number of fused-ring (bicyclic) bond motifs is 1. The van der Waals surface area contributed by atoms with Gasteiger partial charge in [-0.25, -0.2) is 4.98 Å². The zero-order valence-electron chi connectivity index (χ0n) is 12.6. The maximum atomic E-state index is 12.6. The summed E-state index contributed by atoms with van der Waals surface area (Å²) in [6.07, 6.45) is 0. The first kappa shape index (κ1) is 15.6. The third kappa shape index (κ3) is 3.47. The lowest BCUT2D eigenvalue weighted by Gasteiger charge is -2.13. The molecule has 0 saturated carbocycles.